The lowest BCUT2D eigenvalue weighted by Gasteiger charge is -2.21. The van der Waals surface area contributed by atoms with E-state index >= 15 is 0 Å². The summed E-state index contributed by atoms with van der Waals surface area (Å²) in [6.07, 6.45) is 0.756. The van der Waals surface area contributed by atoms with Crippen LogP contribution < -0.4 is 10.6 Å². The van der Waals surface area contributed by atoms with E-state index in [4.69, 9.17) is 0 Å². The van der Waals surface area contributed by atoms with Crippen LogP contribution >= 0.6 is 0 Å². The highest BCUT2D eigenvalue weighted by atomic mass is 19.1. The predicted molar refractivity (Wildman–Crippen MR) is 60.8 cm³/mol. The maximum atomic E-state index is 13.3. The quantitative estimate of drug-likeness (QED) is 0.813. The van der Waals surface area contributed by atoms with E-state index in [1.165, 1.54) is 12.1 Å². The first-order valence-electron chi connectivity index (χ1n) is 5.49. The summed E-state index contributed by atoms with van der Waals surface area (Å²) in [7, 11) is 0. The van der Waals surface area contributed by atoms with Crippen LogP contribution in [0, 0.1) is 11.7 Å². The number of rotatable bonds is 2. The molecule has 90 valence electrons. The lowest BCUT2D eigenvalue weighted by Crippen LogP contribution is -2.38. The Kier molecular flexibility index (Phi) is 3.37. The van der Waals surface area contributed by atoms with Gasteiger partial charge in [-0.2, -0.15) is 0 Å². The van der Waals surface area contributed by atoms with E-state index in [0.717, 1.165) is 0 Å². The van der Waals surface area contributed by atoms with Crippen molar-refractivity contribution in [2.75, 3.05) is 11.9 Å². The van der Waals surface area contributed by atoms with E-state index in [-0.39, 0.29) is 29.8 Å². The molecular weight excluding hydrogens is 223 g/mol. The molecule has 2 N–H and O–H groups in total. The molecule has 0 spiro atoms. The van der Waals surface area contributed by atoms with Crippen LogP contribution in [0.5, 0.6) is 0 Å². The number of para-hydroxylation sites is 1. The van der Waals surface area contributed by atoms with Gasteiger partial charge in [-0.15, -0.1) is 0 Å². The highest BCUT2D eigenvalue weighted by Gasteiger charge is 2.25. The Labute approximate surface area is 98.2 Å². The first-order chi connectivity index (χ1) is 8.16. The van der Waals surface area contributed by atoms with Crippen LogP contribution in [-0.2, 0) is 9.59 Å². The van der Waals surface area contributed by atoms with Crippen molar-refractivity contribution in [2.24, 2.45) is 5.92 Å². The number of carbonyl (C=O) groups excluding carboxylic acids is 2. The minimum Gasteiger partial charge on any atom is -0.356 e. The number of nitrogens with one attached hydrogen (secondary N) is 2. The van der Waals surface area contributed by atoms with Crippen molar-refractivity contribution in [3.63, 3.8) is 0 Å². The topological polar surface area (TPSA) is 58.2 Å². The van der Waals surface area contributed by atoms with Crippen molar-refractivity contribution in [2.45, 2.75) is 12.8 Å². The average molecular weight is 236 g/mol. The Bertz CT molecular complexity index is 448. The molecule has 4 nitrogen and oxygen atoms in total. The molecule has 0 aliphatic carbocycles. The number of hydrogen-bond donors (Lipinski definition) is 2. The summed E-state index contributed by atoms with van der Waals surface area (Å²) >= 11 is 0. The Morgan fingerprint density at radius 2 is 2.18 bits per heavy atom. The zero-order valence-electron chi connectivity index (χ0n) is 9.20. The van der Waals surface area contributed by atoms with Crippen molar-refractivity contribution in [1.82, 2.24) is 5.32 Å². The molecule has 5 heteroatoms. The first kappa shape index (κ1) is 11.6. The van der Waals surface area contributed by atoms with Crippen molar-refractivity contribution in [3.8, 4) is 0 Å². The monoisotopic (exact) mass is 236 g/mol. The number of anilines is 1. The van der Waals surface area contributed by atoms with E-state index < -0.39 is 5.82 Å². The molecule has 1 aliphatic rings. The van der Waals surface area contributed by atoms with E-state index in [9.17, 15) is 14.0 Å². The second kappa shape index (κ2) is 4.95. The molecule has 2 amide bonds. The zero-order chi connectivity index (χ0) is 12.3. The van der Waals surface area contributed by atoms with Gasteiger partial charge in [0, 0.05) is 18.9 Å². The lowest BCUT2D eigenvalue weighted by atomic mass is 9.96. The highest BCUT2D eigenvalue weighted by molar-refractivity contribution is 5.95. The minimum absolute atomic E-state index is 0.134. The van der Waals surface area contributed by atoms with Crippen molar-refractivity contribution in [1.29, 1.82) is 0 Å². The molecule has 1 fully saturated rings. The first-order valence-corrected chi connectivity index (χ1v) is 5.49. The molecule has 1 aromatic rings. The molecule has 1 saturated heterocycles. The number of halogens is 1. The maximum Gasteiger partial charge on any atom is 0.228 e. The van der Waals surface area contributed by atoms with E-state index in [1.807, 2.05) is 0 Å². The Morgan fingerprint density at radius 3 is 2.88 bits per heavy atom. The molecule has 1 atom stereocenters. The standard InChI is InChI=1S/C12H13FN2O2/c13-9-3-1-2-4-10(9)15-12(17)8-5-6-14-11(16)7-8/h1-4,8H,5-7H2,(H,14,16)(H,15,17). The largest absolute Gasteiger partial charge is 0.356 e. The summed E-state index contributed by atoms with van der Waals surface area (Å²) in [6.45, 7) is 0.494. The number of carbonyl (C=O) groups is 2. The molecule has 17 heavy (non-hydrogen) atoms. The molecule has 1 aromatic carbocycles. The van der Waals surface area contributed by atoms with Gasteiger partial charge >= 0.3 is 0 Å². The lowest BCUT2D eigenvalue weighted by molar-refractivity contribution is -0.129. The third kappa shape index (κ3) is 2.81. The van der Waals surface area contributed by atoms with Gasteiger partial charge in [-0.3, -0.25) is 9.59 Å². The van der Waals surface area contributed by atoms with Crippen molar-refractivity contribution < 1.29 is 14.0 Å². The second-order valence-corrected chi connectivity index (χ2v) is 4.01. The Hall–Kier alpha value is -1.91. The molecule has 0 saturated carbocycles. The van der Waals surface area contributed by atoms with Gasteiger partial charge in [-0.1, -0.05) is 12.1 Å². The number of benzene rings is 1. The van der Waals surface area contributed by atoms with Crippen LogP contribution in [0.2, 0.25) is 0 Å². The smallest absolute Gasteiger partial charge is 0.228 e. The summed E-state index contributed by atoms with van der Waals surface area (Å²) in [4.78, 5) is 22.9. The van der Waals surface area contributed by atoms with Gasteiger partial charge < -0.3 is 10.6 Å². The molecule has 1 aliphatic heterocycles. The van der Waals surface area contributed by atoms with Gasteiger partial charge in [0.1, 0.15) is 5.82 Å². The van der Waals surface area contributed by atoms with Crippen LogP contribution in [0.15, 0.2) is 24.3 Å². The molecule has 0 aromatic heterocycles. The summed E-state index contributed by atoms with van der Waals surface area (Å²) in [6, 6.07) is 5.98. The van der Waals surface area contributed by atoms with Crippen LogP contribution in [0.3, 0.4) is 0 Å². The SMILES string of the molecule is O=C1CC(C(=O)Nc2ccccc2F)CCN1. The Morgan fingerprint density at radius 1 is 1.41 bits per heavy atom. The number of hydrogen-bond acceptors (Lipinski definition) is 2. The van der Waals surface area contributed by atoms with Crippen LogP contribution in [0.1, 0.15) is 12.8 Å². The van der Waals surface area contributed by atoms with Crippen molar-refractivity contribution in [3.05, 3.63) is 30.1 Å². The number of piperidine rings is 1. The normalized spacial score (nSPS) is 19.6. The zero-order valence-corrected chi connectivity index (χ0v) is 9.20. The number of amides is 2. The summed E-state index contributed by atoms with van der Waals surface area (Å²) in [5.41, 5.74) is 0.156. The minimum atomic E-state index is -0.471. The van der Waals surface area contributed by atoms with Crippen molar-refractivity contribution >= 4 is 17.5 Å². The Balaban J connectivity index is 2.02. The fourth-order valence-corrected chi connectivity index (χ4v) is 1.81. The fourth-order valence-electron chi connectivity index (χ4n) is 1.81. The highest BCUT2D eigenvalue weighted by Crippen LogP contribution is 2.18. The molecular formula is C12H13FN2O2. The van der Waals surface area contributed by atoms with E-state index in [0.29, 0.717) is 13.0 Å². The van der Waals surface area contributed by atoms with Crippen LogP contribution in [0.25, 0.3) is 0 Å². The predicted octanol–water partition coefficient (Wildman–Crippen LogP) is 1.29. The van der Waals surface area contributed by atoms with Gasteiger partial charge in [0.05, 0.1) is 5.69 Å². The summed E-state index contributed by atoms with van der Waals surface area (Å²) < 4.78 is 13.3. The maximum absolute atomic E-state index is 13.3. The van der Waals surface area contributed by atoms with Gasteiger partial charge in [0.2, 0.25) is 11.8 Å². The summed E-state index contributed by atoms with van der Waals surface area (Å²) in [5, 5.41) is 5.16. The van der Waals surface area contributed by atoms with Gasteiger partial charge in [-0.05, 0) is 18.6 Å². The third-order valence-corrected chi connectivity index (χ3v) is 2.75. The van der Waals surface area contributed by atoms with Gasteiger partial charge in [0.15, 0.2) is 0 Å². The van der Waals surface area contributed by atoms with Gasteiger partial charge in [0.25, 0.3) is 0 Å². The van der Waals surface area contributed by atoms with Crippen LogP contribution in [-0.4, -0.2) is 18.4 Å². The fraction of sp³-hybridized carbons (Fsp3) is 0.333. The van der Waals surface area contributed by atoms with Gasteiger partial charge in [-0.25, -0.2) is 4.39 Å². The average Bonchev–Trinajstić information content (AvgIpc) is 2.32. The molecule has 0 radical (unpaired) electrons. The van der Waals surface area contributed by atoms with Crippen LogP contribution in [0.4, 0.5) is 10.1 Å². The molecule has 1 unspecified atom stereocenters. The summed E-state index contributed by atoms with van der Waals surface area (Å²) in [5.74, 6) is -1.28. The molecule has 1 heterocycles. The third-order valence-electron chi connectivity index (χ3n) is 2.75. The van der Waals surface area contributed by atoms with E-state index in [2.05, 4.69) is 10.6 Å². The molecule has 2 rings (SSSR count). The van der Waals surface area contributed by atoms with E-state index in [1.54, 1.807) is 12.1 Å². The second-order valence-electron chi connectivity index (χ2n) is 4.01. The molecule has 0 bridgehead atoms.